The lowest BCUT2D eigenvalue weighted by Crippen LogP contribution is -2.31. The molecule has 0 bridgehead atoms. The zero-order chi connectivity index (χ0) is 23.4. The number of fused-ring (bicyclic) bond motifs is 3. The molecule has 0 amide bonds. The number of nitrogens with one attached hydrogen (secondary N) is 1. The Hall–Kier alpha value is -3.12. The second kappa shape index (κ2) is 9.79. The van der Waals surface area contributed by atoms with Gasteiger partial charge < -0.3 is 19.7 Å². The highest BCUT2D eigenvalue weighted by Crippen LogP contribution is 2.47. The Morgan fingerprint density at radius 1 is 1.03 bits per heavy atom. The van der Waals surface area contributed by atoms with E-state index in [2.05, 4.69) is 47.2 Å². The van der Waals surface area contributed by atoms with Crippen molar-refractivity contribution in [1.29, 1.82) is 0 Å². The summed E-state index contributed by atoms with van der Waals surface area (Å²) in [6, 6.07) is 14.3. The number of rotatable bonds is 9. The van der Waals surface area contributed by atoms with Crippen LogP contribution in [0.15, 0.2) is 48.7 Å². The molecule has 0 unspecified atom stereocenters. The zero-order valence-corrected chi connectivity index (χ0v) is 20.3. The lowest BCUT2D eigenvalue weighted by atomic mass is 9.66. The SMILES string of the molecule is CCC1(CC)Cc2cnc(Nc3ccc(OCCN(C)C)cc3)nc2-c2cc(OC)ccc21. The third-order valence-electron chi connectivity index (χ3n) is 6.72. The molecule has 1 heterocycles. The van der Waals surface area contributed by atoms with Crippen LogP contribution >= 0.6 is 0 Å². The van der Waals surface area contributed by atoms with Gasteiger partial charge in [0, 0.05) is 24.0 Å². The van der Waals surface area contributed by atoms with Crippen molar-refractivity contribution in [2.75, 3.05) is 39.7 Å². The summed E-state index contributed by atoms with van der Waals surface area (Å²) in [6.45, 7) is 6.08. The Bertz CT molecular complexity index is 1090. The molecule has 1 aliphatic carbocycles. The molecule has 0 saturated heterocycles. The van der Waals surface area contributed by atoms with Crippen molar-refractivity contribution in [2.45, 2.75) is 38.5 Å². The average molecular weight is 447 g/mol. The number of ether oxygens (including phenoxy) is 2. The summed E-state index contributed by atoms with van der Waals surface area (Å²) in [5, 5.41) is 3.35. The predicted octanol–water partition coefficient (Wildman–Crippen LogP) is 5.45. The van der Waals surface area contributed by atoms with E-state index in [1.54, 1.807) is 7.11 Å². The van der Waals surface area contributed by atoms with Crippen LogP contribution in [0, 0.1) is 0 Å². The highest BCUT2D eigenvalue weighted by Gasteiger charge is 2.37. The summed E-state index contributed by atoms with van der Waals surface area (Å²) in [5.41, 5.74) is 5.71. The molecule has 33 heavy (non-hydrogen) atoms. The quantitative estimate of drug-likeness (QED) is 0.472. The summed E-state index contributed by atoms with van der Waals surface area (Å²) in [4.78, 5) is 11.7. The Kier molecular flexibility index (Phi) is 6.84. The lowest BCUT2D eigenvalue weighted by molar-refractivity contribution is 0.261. The maximum atomic E-state index is 5.79. The van der Waals surface area contributed by atoms with Crippen LogP contribution in [0.3, 0.4) is 0 Å². The van der Waals surface area contributed by atoms with Crippen molar-refractivity contribution in [3.63, 3.8) is 0 Å². The van der Waals surface area contributed by atoms with Gasteiger partial charge in [0.25, 0.3) is 0 Å². The van der Waals surface area contributed by atoms with Crippen molar-refractivity contribution in [2.24, 2.45) is 0 Å². The normalized spacial score (nSPS) is 13.9. The first-order chi connectivity index (χ1) is 16.0. The van der Waals surface area contributed by atoms with Crippen molar-refractivity contribution in [3.8, 4) is 22.8 Å². The first kappa shape index (κ1) is 23.1. The second-order valence-electron chi connectivity index (χ2n) is 8.94. The van der Waals surface area contributed by atoms with Crippen LogP contribution in [0.25, 0.3) is 11.3 Å². The molecular weight excluding hydrogens is 412 g/mol. The van der Waals surface area contributed by atoms with Gasteiger partial charge in [0.2, 0.25) is 5.95 Å². The fourth-order valence-electron chi connectivity index (χ4n) is 4.59. The second-order valence-corrected chi connectivity index (χ2v) is 8.94. The minimum absolute atomic E-state index is 0.106. The molecule has 0 atom stereocenters. The molecule has 0 saturated carbocycles. The zero-order valence-electron chi connectivity index (χ0n) is 20.3. The van der Waals surface area contributed by atoms with E-state index in [-0.39, 0.29) is 5.41 Å². The Balaban J connectivity index is 1.59. The van der Waals surface area contributed by atoms with E-state index in [4.69, 9.17) is 14.5 Å². The van der Waals surface area contributed by atoms with Gasteiger partial charge in [-0.25, -0.2) is 9.97 Å². The molecule has 1 aliphatic rings. The van der Waals surface area contributed by atoms with E-state index in [9.17, 15) is 0 Å². The number of aromatic nitrogens is 2. The fourth-order valence-corrected chi connectivity index (χ4v) is 4.59. The predicted molar refractivity (Wildman–Crippen MR) is 134 cm³/mol. The summed E-state index contributed by atoms with van der Waals surface area (Å²) < 4.78 is 11.3. The summed E-state index contributed by atoms with van der Waals surface area (Å²) in [5.74, 6) is 2.29. The van der Waals surface area contributed by atoms with Gasteiger partial charge in [0.15, 0.2) is 0 Å². The third-order valence-corrected chi connectivity index (χ3v) is 6.72. The standard InChI is InChI=1S/C27H34N4O2/c1-6-27(7-2)17-19-18-28-26(30-25(19)23-16-22(32-5)12-13-24(23)27)29-20-8-10-21(11-9-20)33-15-14-31(3)4/h8-13,16,18H,6-7,14-15,17H2,1-5H3,(H,28,29,30). The van der Waals surface area contributed by atoms with E-state index in [0.717, 1.165) is 54.3 Å². The summed E-state index contributed by atoms with van der Waals surface area (Å²) in [6.07, 6.45) is 5.08. The molecule has 174 valence electrons. The van der Waals surface area contributed by atoms with Crippen LogP contribution in [-0.2, 0) is 11.8 Å². The van der Waals surface area contributed by atoms with E-state index < -0.39 is 0 Å². The number of hydrogen-bond acceptors (Lipinski definition) is 6. The van der Waals surface area contributed by atoms with E-state index in [1.807, 2.05) is 44.6 Å². The summed E-state index contributed by atoms with van der Waals surface area (Å²) in [7, 11) is 5.78. The van der Waals surface area contributed by atoms with Crippen LogP contribution in [0.1, 0.15) is 37.8 Å². The van der Waals surface area contributed by atoms with Gasteiger partial charge in [-0.2, -0.15) is 0 Å². The molecule has 6 nitrogen and oxygen atoms in total. The van der Waals surface area contributed by atoms with Gasteiger partial charge >= 0.3 is 0 Å². The largest absolute Gasteiger partial charge is 0.497 e. The van der Waals surface area contributed by atoms with Crippen LogP contribution in [0.4, 0.5) is 11.6 Å². The van der Waals surface area contributed by atoms with Gasteiger partial charge in [-0.15, -0.1) is 0 Å². The average Bonchev–Trinajstić information content (AvgIpc) is 2.84. The fraction of sp³-hybridized carbons (Fsp3) is 0.407. The molecule has 0 fully saturated rings. The van der Waals surface area contributed by atoms with Gasteiger partial charge in [-0.1, -0.05) is 19.9 Å². The lowest BCUT2D eigenvalue weighted by Gasteiger charge is -2.38. The molecule has 0 aliphatic heterocycles. The first-order valence-electron chi connectivity index (χ1n) is 11.7. The minimum Gasteiger partial charge on any atom is -0.497 e. The van der Waals surface area contributed by atoms with Crippen molar-refractivity contribution in [3.05, 3.63) is 59.8 Å². The summed E-state index contributed by atoms with van der Waals surface area (Å²) >= 11 is 0. The van der Waals surface area contributed by atoms with Crippen LogP contribution < -0.4 is 14.8 Å². The molecule has 3 aromatic rings. The number of methoxy groups -OCH3 is 1. The molecule has 6 heteroatoms. The smallest absolute Gasteiger partial charge is 0.227 e. The Morgan fingerprint density at radius 3 is 2.42 bits per heavy atom. The number of nitrogens with zero attached hydrogens (tertiary/aromatic N) is 3. The minimum atomic E-state index is 0.106. The Morgan fingerprint density at radius 2 is 1.76 bits per heavy atom. The molecule has 1 aromatic heterocycles. The molecule has 0 spiro atoms. The van der Waals surface area contributed by atoms with Crippen molar-refractivity contribution >= 4 is 11.6 Å². The molecule has 1 N–H and O–H groups in total. The topological polar surface area (TPSA) is 59.5 Å². The highest BCUT2D eigenvalue weighted by atomic mass is 16.5. The highest BCUT2D eigenvalue weighted by molar-refractivity contribution is 5.74. The van der Waals surface area contributed by atoms with Crippen LogP contribution in [-0.4, -0.2) is 49.2 Å². The maximum Gasteiger partial charge on any atom is 0.227 e. The molecule has 0 radical (unpaired) electrons. The van der Waals surface area contributed by atoms with Crippen LogP contribution in [0.2, 0.25) is 0 Å². The van der Waals surface area contributed by atoms with Crippen molar-refractivity contribution < 1.29 is 9.47 Å². The maximum absolute atomic E-state index is 5.79. The molecule has 2 aromatic carbocycles. The number of anilines is 2. The van der Waals surface area contributed by atoms with Crippen molar-refractivity contribution in [1.82, 2.24) is 14.9 Å². The first-order valence-corrected chi connectivity index (χ1v) is 11.7. The Labute approximate surface area is 197 Å². The monoisotopic (exact) mass is 446 g/mol. The number of likely N-dealkylation sites (N-methyl/N-ethyl adjacent to an activating group) is 1. The number of benzene rings is 2. The van der Waals surface area contributed by atoms with E-state index in [0.29, 0.717) is 12.6 Å². The van der Waals surface area contributed by atoms with E-state index >= 15 is 0 Å². The van der Waals surface area contributed by atoms with Gasteiger partial charge in [-0.3, -0.25) is 0 Å². The molecule has 4 rings (SSSR count). The van der Waals surface area contributed by atoms with Gasteiger partial charge in [0.05, 0.1) is 12.8 Å². The number of hydrogen-bond donors (Lipinski definition) is 1. The van der Waals surface area contributed by atoms with Gasteiger partial charge in [0.1, 0.15) is 18.1 Å². The van der Waals surface area contributed by atoms with Gasteiger partial charge in [-0.05, 0) is 86.3 Å². The third kappa shape index (κ3) is 4.81. The van der Waals surface area contributed by atoms with E-state index in [1.165, 1.54) is 11.1 Å². The molecular formula is C27H34N4O2. The van der Waals surface area contributed by atoms with Crippen LogP contribution in [0.5, 0.6) is 11.5 Å².